The zero-order valence-corrected chi connectivity index (χ0v) is 16.5. The molecule has 0 amide bonds. The molecule has 3 aromatic rings. The van der Waals surface area contributed by atoms with Crippen LogP contribution in [0.5, 0.6) is 0 Å². The van der Waals surface area contributed by atoms with Gasteiger partial charge in [0.2, 0.25) is 0 Å². The van der Waals surface area contributed by atoms with Crippen LogP contribution in [0.4, 0.5) is 0 Å². The van der Waals surface area contributed by atoms with Gasteiger partial charge in [0.05, 0.1) is 0 Å². The summed E-state index contributed by atoms with van der Waals surface area (Å²) < 4.78 is 11.4. The van der Waals surface area contributed by atoms with Crippen molar-refractivity contribution in [1.29, 1.82) is 0 Å². The fourth-order valence-electron chi connectivity index (χ4n) is 2.95. The molecule has 2 aromatic carbocycles. The molecule has 2 N–H and O–H groups in total. The summed E-state index contributed by atoms with van der Waals surface area (Å²) in [6.45, 7) is 4.76. The van der Waals surface area contributed by atoms with Gasteiger partial charge in [0, 0.05) is 18.8 Å². The second-order valence-electron chi connectivity index (χ2n) is 6.31. The van der Waals surface area contributed by atoms with Crippen LogP contribution < -0.4 is 21.8 Å². The molecule has 0 atom stereocenters. The average Bonchev–Trinajstić information content (AvgIpc) is 2.73. The summed E-state index contributed by atoms with van der Waals surface area (Å²) in [5.41, 5.74) is 1.60. The van der Waals surface area contributed by atoms with E-state index >= 15 is 0 Å². The molecule has 0 aliphatic carbocycles. The van der Waals surface area contributed by atoms with E-state index in [4.69, 9.17) is 9.47 Å². The van der Waals surface area contributed by atoms with E-state index < -0.39 is 6.29 Å². The van der Waals surface area contributed by atoms with Gasteiger partial charge in [-0.15, -0.1) is 0 Å². The molecule has 6 nitrogen and oxygen atoms in total. The Morgan fingerprint density at radius 2 is 1.34 bits per heavy atom. The molecule has 29 heavy (non-hydrogen) atoms. The second kappa shape index (κ2) is 9.82. The summed E-state index contributed by atoms with van der Waals surface area (Å²) >= 11 is 0. The third kappa shape index (κ3) is 5.19. The van der Waals surface area contributed by atoms with Gasteiger partial charge in [-0.25, -0.2) is 0 Å². The summed E-state index contributed by atoms with van der Waals surface area (Å²) in [6.07, 6.45) is 2.72. The largest absolute Gasteiger partial charge is 0.349 e. The van der Waals surface area contributed by atoms with E-state index in [2.05, 4.69) is 9.97 Å². The molecule has 0 fully saturated rings. The number of hydrogen-bond donors (Lipinski definition) is 2. The van der Waals surface area contributed by atoms with Crippen molar-refractivity contribution >= 4 is 12.2 Å². The van der Waals surface area contributed by atoms with Gasteiger partial charge in [0.15, 0.2) is 6.29 Å². The van der Waals surface area contributed by atoms with Gasteiger partial charge in [-0.3, -0.25) is 9.59 Å². The molecule has 1 heterocycles. The van der Waals surface area contributed by atoms with E-state index in [-0.39, 0.29) is 21.8 Å². The molecule has 0 bridgehead atoms. The fourth-order valence-corrected chi connectivity index (χ4v) is 2.95. The zero-order chi connectivity index (χ0) is 20.6. The molecule has 0 aliphatic rings. The summed E-state index contributed by atoms with van der Waals surface area (Å²) in [5, 5.41) is 0.368. The highest BCUT2D eigenvalue weighted by Crippen LogP contribution is 2.23. The maximum atomic E-state index is 12.6. The highest BCUT2D eigenvalue weighted by molar-refractivity contribution is 5.53. The summed E-state index contributed by atoms with van der Waals surface area (Å²) in [6, 6.07) is 16.8. The van der Waals surface area contributed by atoms with E-state index in [0.717, 1.165) is 16.7 Å². The molecular weight excluding hydrogens is 368 g/mol. The second-order valence-corrected chi connectivity index (χ2v) is 6.31. The first-order valence-electron chi connectivity index (χ1n) is 9.55. The van der Waals surface area contributed by atoms with Gasteiger partial charge >= 0.3 is 0 Å². The lowest BCUT2D eigenvalue weighted by atomic mass is 10.1. The van der Waals surface area contributed by atoms with Crippen molar-refractivity contribution in [3.63, 3.8) is 0 Å². The average molecular weight is 392 g/mol. The number of nitrogens with one attached hydrogen (secondary N) is 2. The highest BCUT2D eigenvalue weighted by Gasteiger charge is 2.14. The van der Waals surface area contributed by atoms with Crippen LogP contribution in [0.25, 0.3) is 12.2 Å². The third-order valence-electron chi connectivity index (χ3n) is 4.28. The normalized spacial score (nSPS) is 12.7. The number of ether oxygens (including phenoxy) is 2. The minimum atomic E-state index is -0.547. The predicted molar refractivity (Wildman–Crippen MR) is 113 cm³/mol. The molecule has 0 saturated heterocycles. The first-order valence-corrected chi connectivity index (χ1v) is 9.55. The van der Waals surface area contributed by atoms with E-state index in [1.807, 2.05) is 68.4 Å². The summed E-state index contributed by atoms with van der Waals surface area (Å²) in [7, 11) is 0. The van der Waals surface area contributed by atoms with Gasteiger partial charge < -0.3 is 19.4 Å². The Labute approximate surface area is 168 Å². The molecule has 3 rings (SSSR count). The summed E-state index contributed by atoms with van der Waals surface area (Å²) in [5.74, 6) is 0. The van der Waals surface area contributed by atoms with Crippen LogP contribution in [0.15, 0.2) is 64.2 Å². The van der Waals surface area contributed by atoms with Crippen molar-refractivity contribution in [2.45, 2.75) is 20.1 Å². The van der Waals surface area contributed by atoms with E-state index in [1.54, 1.807) is 12.2 Å². The summed E-state index contributed by atoms with van der Waals surface area (Å²) in [4.78, 5) is 30.4. The molecular formula is C23H24N2O4. The van der Waals surface area contributed by atoms with Crippen LogP contribution in [-0.2, 0) is 9.47 Å². The van der Waals surface area contributed by atoms with Crippen molar-refractivity contribution in [2.75, 3.05) is 13.2 Å². The molecule has 0 unspecified atom stereocenters. The van der Waals surface area contributed by atoms with Crippen LogP contribution in [0, 0.1) is 0 Å². The maximum Gasteiger partial charge on any atom is 0.272 e. The van der Waals surface area contributed by atoms with Gasteiger partial charge in [-0.2, -0.15) is 0 Å². The lowest BCUT2D eigenvalue weighted by molar-refractivity contribution is -0.140. The number of H-pyrrole nitrogens is 2. The van der Waals surface area contributed by atoms with Crippen LogP contribution in [0.2, 0.25) is 0 Å². The van der Waals surface area contributed by atoms with Crippen LogP contribution in [0.1, 0.15) is 36.8 Å². The Morgan fingerprint density at radius 1 is 0.793 bits per heavy atom. The van der Waals surface area contributed by atoms with Crippen LogP contribution in [0.3, 0.4) is 0 Å². The molecule has 0 saturated carbocycles. The monoisotopic (exact) mass is 392 g/mol. The lowest BCUT2D eigenvalue weighted by Gasteiger charge is -2.19. The predicted octanol–water partition coefficient (Wildman–Crippen LogP) is 1.79. The molecule has 0 radical (unpaired) electrons. The Morgan fingerprint density at radius 3 is 1.97 bits per heavy atom. The third-order valence-corrected chi connectivity index (χ3v) is 4.28. The topological polar surface area (TPSA) is 84.2 Å². The number of rotatable bonds is 7. The van der Waals surface area contributed by atoms with Crippen LogP contribution >= 0.6 is 0 Å². The van der Waals surface area contributed by atoms with E-state index in [9.17, 15) is 9.59 Å². The Balaban J connectivity index is 2.09. The smallest absolute Gasteiger partial charge is 0.272 e. The number of aromatic amines is 2. The van der Waals surface area contributed by atoms with Crippen molar-refractivity contribution in [2.24, 2.45) is 0 Å². The van der Waals surface area contributed by atoms with Crippen molar-refractivity contribution in [3.05, 3.63) is 103 Å². The maximum absolute atomic E-state index is 12.6. The first kappa shape index (κ1) is 20.5. The molecule has 6 heteroatoms. The van der Waals surface area contributed by atoms with Crippen molar-refractivity contribution in [3.8, 4) is 0 Å². The van der Waals surface area contributed by atoms with Gasteiger partial charge in [-0.05, 0) is 37.1 Å². The van der Waals surface area contributed by atoms with Gasteiger partial charge in [0.25, 0.3) is 11.1 Å². The van der Waals surface area contributed by atoms with E-state index in [0.29, 0.717) is 13.2 Å². The highest BCUT2D eigenvalue weighted by atomic mass is 16.7. The van der Waals surface area contributed by atoms with E-state index in [1.165, 1.54) is 0 Å². The Hall–Kier alpha value is -3.22. The number of aromatic nitrogens is 2. The number of benzene rings is 2. The lowest BCUT2D eigenvalue weighted by Crippen LogP contribution is -2.46. The molecule has 150 valence electrons. The number of hydrogen-bond acceptors (Lipinski definition) is 4. The minimum Gasteiger partial charge on any atom is -0.349 e. The van der Waals surface area contributed by atoms with Crippen molar-refractivity contribution in [1.82, 2.24) is 9.97 Å². The first-order chi connectivity index (χ1) is 14.1. The van der Waals surface area contributed by atoms with Gasteiger partial charge in [-0.1, -0.05) is 54.6 Å². The minimum absolute atomic E-state index is 0.166. The SMILES string of the molecule is CCOC(OCC)c1ccccc1/C=c1\[nH]c(=O)/c(=C/c2ccccc2)[nH]c1=O. The zero-order valence-electron chi connectivity index (χ0n) is 16.5. The molecule has 0 spiro atoms. The fraction of sp³-hybridized carbons (Fsp3) is 0.217. The Bertz CT molecular complexity index is 1170. The van der Waals surface area contributed by atoms with Crippen LogP contribution in [-0.4, -0.2) is 23.2 Å². The Kier molecular flexibility index (Phi) is 6.94. The quantitative estimate of drug-likeness (QED) is 0.601. The van der Waals surface area contributed by atoms with Crippen molar-refractivity contribution < 1.29 is 9.47 Å². The molecule has 0 aliphatic heterocycles. The van der Waals surface area contributed by atoms with Gasteiger partial charge in [0.1, 0.15) is 10.7 Å². The standard InChI is InChI=1S/C23H24N2O4/c1-3-28-23(29-4-2)18-13-9-8-12-17(18)15-20-22(27)24-19(21(26)25-20)14-16-10-6-5-7-11-16/h5-15,23H,3-4H2,1-2H3,(H,24,27)(H,25,26)/b19-14-,20-15-. The molecule has 1 aromatic heterocycles.